The van der Waals surface area contributed by atoms with Gasteiger partial charge in [-0.25, -0.2) is 12.7 Å². The first-order valence-corrected chi connectivity index (χ1v) is 10.1. The summed E-state index contributed by atoms with van der Waals surface area (Å²) in [4.78, 5) is 28.6. The highest BCUT2D eigenvalue weighted by molar-refractivity contribution is 7.90. The molecule has 0 fully saturated rings. The molecular formula is C19H16N4O5S. The minimum absolute atomic E-state index is 0.0555. The third-order valence-electron chi connectivity index (χ3n) is 4.41. The summed E-state index contributed by atoms with van der Waals surface area (Å²) in [6.07, 6.45) is 0. The summed E-state index contributed by atoms with van der Waals surface area (Å²) in [5.41, 5.74) is 1.92. The van der Waals surface area contributed by atoms with Crippen molar-refractivity contribution < 1.29 is 22.5 Å². The van der Waals surface area contributed by atoms with Gasteiger partial charge < -0.3 is 9.84 Å². The number of nitrogens with zero attached hydrogens (tertiary/aromatic N) is 3. The molecule has 1 aliphatic heterocycles. The smallest absolute Gasteiger partial charge is 0.269 e. The molecule has 148 valence electrons. The Morgan fingerprint density at radius 1 is 1.14 bits per heavy atom. The molecule has 0 unspecified atom stereocenters. The molecule has 3 aromatic rings. The minimum atomic E-state index is -4.04. The third kappa shape index (κ3) is 3.49. The van der Waals surface area contributed by atoms with Crippen LogP contribution in [0.1, 0.15) is 21.8 Å². The van der Waals surface area contributed by atoms with Crippen LogP contribution in [0.3, 0.4) is 0 Å². The molecule has 1 aromatic heterocycles. The number of fused-ring (bicyclic) bond motifs is 1. The fraction of sp³-hybridized carbons (Fsp3) is 0.158. The zero-order valence-electron chi connectivity index (χ0n) is 15.3. The molecule has 0 saturated heterocycles. The van der Waals surface area contributed by atoms with Crippen molar-refractivity contribution in [2.24, 2.45) is 0 Å². The Hall–Kier alpha value is -3.53. The molecule has 0 saturated carbocycles. The van der Waals surface area contributed by atoms with E-state index in [1.165, 1.54) is 18.2 Å². The topological polar surface area (TPSA) is 122 Å². The Morgan fingerprint density at radius 3 is 2.59 bits per heavy atom. The Balaban J connectivity index is 1.40. The number of aromatic nitrogens is 2. The van der Waals surface area contributed by atoms with Gasteiger partial charge >= 0.3 is 0 Å². The van der Waals surface area contributed by atoms with Crippen LogP contribution in [0.2, 0.25) is 0 Å². The number of carbonyl (C=O) groups is 2. The first-order valence-electron chi connectivity index (χ1n) is 8.69. The zero-order valence-corrected chi connectivity index (χ0v) is 16.1. The summed E-state index contributed by atoms with van der Waals surface area (Å²) in [5, 5.41) is 6.35. The second-order valence-corrected chi connectivity index (χ2v) is 8.30. The molecule has 4 rings (SSSR count). The molecule has 0 bridgehead atoms. The molecule has 0 atom stereocenters. The van der Waals surface area contributed by atoms with E-state index >= 15 is 0 Å². The molecule has 2 aromatic carbocycles. The Morgan fingerprint density at radius 2 is 1.86 bits per heavy atom. The Labute approximate surface area is 166 Å². The van der Waals surface area contributed by atoms with Gasteiger partial charge in [-0.15, -0.1) is 0 Å². The number of hydrogen-bond donors (Lipinski definition) is 1. The molecule has 0 aliphatic carbocycles. The average Bonchev–Trinajstić information content (AvgIpc) is 3.25. The maximum Gasteiger partial charge on any atom is 0.269 e. The molecular weight excluding hydrogens is 396 g/mol. The number of hydrogen-bond acceptors (Lipinski definition) is 7. The molecule has 29 heavy (non-hydrogen) atoms. The van der Waals surface area contributed by atoms with E-state index in [9.17, 15) is 18.0 Å². The molecule has 1 aliphatic rings. The molecule has 2 amide bonds. The highest BCUT2D eigenvalue weighted by atomic mass is 32.2. The lowest BCUT2D eigenvalue weighted by atomic mass is 10.1. The van der Waals surface area contributed by atoms with Gasteiger partial charge in [-0.3, -0.25) is 9.59 Å². The van der Waals surface area contributed by atoms with E-state index in [1.54, 1.807) is 6.07 Å². The Bertz CT molecular complexity index is 1200. The molecule has 1 N–H and O–H groups in total. The first-order chi connectivity index (χ1) is 13.9. The van der Waals surface area contributed by atoms with Gasteiger partial charge in [0.2, 0.25) is 17.6 Å². The number of amides is 2. The largest absolute Gasteiger partial charge is 0.345 e. The molecule has 9 nitrogen and oxygen atoms in total. The van der Waals surface area contributed by atoms with E-state index in [0.29, 0.717) is 10.1 Å². The van der Waals surface area contributed by atoms with E-state index in [2.05, 4.69) is 15.5 Å². The second-order valence-electron chi connectivity index (χ2n) is 6.47. The van der Waals surface area contributed by atoms with Crippen LogP contribution in [0.25, 0.3) is 11.4 Å². The standard InChI is InChI=1S/C19H16N4O5S/c1-12-6-8-13(9-7-12)18-21-17(28-22-18)10-20-16(24)11-23-19(25)14-4-2-3-5-15(14)29(23,26)27/h2-9H,10-11H2,1H3,(H,20,24). The maximum atomic E-state index is 12.5. The van der Waals surface area contributed by atoms with Crippen molar-refractivity contribution in [3.63, 3.8) is 0 Å². The van der Waals surface area contributed by atoms with Gasteiger partial charge in [0.15, 0.2) is 0 Å². The fourth-order valence-electron chi connectivity index (χ4n) is 2.89. The van der Waals surface area contributed by atoms with E-state index < -0.39 is 28.4 Å². The van der Waals surface area contributed by atoms with Gasteiger partial charge in [-0.2, -0.15) is 4.98 Å². The van der Waals surface area contributed by atoms with Crippen molar-refractivity contribution in [3.8, 4) is 11.4 Å². The zero-order chi connectivity index (χ0) is 20.6. The van der Waals surface area contributed by atoms with Crippen molar-refractivity contribution in [1.29, 1.82) is 0 Å². The SMILES string of the molecule is Cc1ccc(-c2noc(CNC(=O)CN3C(=O)c4ccccc4S3(=O)=O)n2)cc1. The van der Waals surface area contributed by atoms with Gasteiger partial charge in [0.05, 0.1) is 12.1 Å². The average molecular weight is 412 g/mol. The monoisotopic (exact) mass is 412 g/mol. The van der Waals surface area contributed by atoms with Crippen LogP contribution in [0.5, 0.6) is 0 Å². The molecule has 10 heteroatoms. The summed E-state index contributed by atoms with van der Waals surface area (Å²) < 4.78 is 30.6. The first kappa shape index (κ1) is 18.8. The fourth-order valence-corrected chi connectivity index (χ4v) is 4.42. The van der Waals surface area contributed by atoms with Crippen LogP contribution in [-0.4, -0.2) is 41.2 Å². The summed E-state index contributed by atoms with van der Waals surface area (Å²) >= 11 is 0. The van der Waals surface area contributed by atoms with Gasteiger partial charge in [0.1, 0.15) is 11.4 Å². The van der Waals surface area contributed by atoms with Crippen LogP contribution < -0.4 is 5.32 Å². The Kier molecular flexibility index (Phi) is 4.63. The summed E-state index contributed by atoms with van der Waals surface area (Å²) in [7, 11) is -4.04. The van der Waals surface area contributed by atoms with E-state index in [0.717, 1.165) is 11.1 Å². The number of nitrogens with one attached hydrogen (secondary N) is 1. The number of sulfonamides is 1. The highest BCUT2D eigenvalue weighted by Crippen LogP contribution is 2.29. The van der Waals surface area contributed by atoms with Gasteiger partial charge in [-0.05, 0) is 19.1 Å². The minimum Gasteiger partial charge on any atom is -0.345 e. The highest BCUT2D eigenvalue weighted by Gasteiger charge is 2.41. The maximum absolute atomic E-state index is 12.5. The molecule has 0 spiro atoms. The van der Waals surface area contributed by atoms with Gasteiger partial charge in [-0.1, -0.05) is 47.1 Å². The van der Waals surface area contributed by atoms with Crippen molar-refractivity contribution in [3.05, 3.63) is 65.5 Å². The lowest BCUT2D eigenvalue weighted by Gasteiger charge is -2.14. The van der Waals surface area contributed by atoms with Crippen LogP contribution in [0.4, 0.5) is 0 Å². The number of benzene rings is 2. The quantitative estimate of drug-likeness (QED) is 0.674. The predicted molar refractivity (Wildman–Crippen MR) is 101 cm³/mol. The van der Waals surface area contributed by atoms with Crippen LogP contribution >= 0.6 is 0 Å². The van der Waals surface area contributed by atoms with E-state index in [1.807, 2.05) is 31.2 Å². The van der Waals surface area contributed by atoms with Crippen LogP contribution in [0.15, 0.2) is 57.9 Å². The lowest BCUT2D eigenvalue weighted by molar-refractivity contribution is -0.121. The lowest BCUT2D eigenvalue weighted by Crippen LogP contribution is -2.40. The number of rotatable bonds is 5. The van der Waals surface area contributed by atoms with Crippen molar-refractivity contribution >= 4 is 21.8 Å². The molecule has 2 heterocycles. The third-order valence-corrected chi connectivity index (χ3v) is 6.20. The predicted octanol–water partition coefficient (Wildman–Crippen LogP) is 1.51. The summed E-state index contributed by atoms with van der Waals surface area (Å²) in [6.45, 7) is 1.24. The summed E-state index contributed by atoms with van der Waals surface area (Å²) in [5.74, 6) is -0.852. The molecule has 0 radical (unpaired) electrons. The summed E-state index contributed by atoms with van der Waals surface area (Å²) in [6, 6.07) is 13.4. The van der Waals surface area contributed by atoms with E-state index in [4.69, 9.17) is 4.52 Å². The van der Waals surface area contributed by atoms with Crippen molar-refractivity contribution in [1.82, 2.24) is 19.8 Å². The second kappa shape index (κ2) is 7.13. The van der Waals surface area contributed by atoms with Crippen LogP contribution in [-0.2, 0) is 21.4 Å². The van der Waals surface area contributed by atoms with Crippen molar-refractivity contribution in [2.45, 2.75) is 18.4 Å². The number of carbonyl (C=O) groups excluding carboxylic acids is 2. The van der Waals surface area contributed by atoms with Gasteiger partial charge in [0.25, 0.3) is 15.9 Å². The van der Waals surface area contributed by atoms with Crippen LogP contribution in [0, 0.1) is 6.92 Å². The normalized spacial score (nSPS) is 14.7. The number of aryl methyl sites for hydroxylation is 1. The van der Waals surface area contributed by atoms with Gasteiger partial charge in [0, 0.05) is 5.56 Å². The van der Waals surface area contributed by atoms with Crippen molar-refractivity contribution in [2.75, 3.05) is 6.54 Å². The van der Waals surface area contributed by atoms with E-state index in [-0.39, 0.29) is 22.9 Å².